The van der Waals surface area contributed by atoms with Crippen LogP contribution < -0.4 is 14.9 Å². The van der Waals surface area contributed by atoms with Crippen LogP contribution in [0, 0.1) is 12.7 Å². The fraction of sp³-hybridized carbons (Fsp3) is 0.238. The minimum Gasteiger partial charge on any atom is -0.466 e. The lowest BCUT2D eigenvalue weighted by Gasteiger charge is -2.23. The third-order valence-electron chi connectivity index (χ3n) is 5.27. The number of aryl methyl sites for hydroxylation is 1. The zero-order valence-corrected chi connectivity index (χ0v) is 18.7. The van der Waals surface area contributed by atoms with Gasteiger partial charge in [-0.05, 0) is 32.1 Å². The Balaban J connectivity index is 2.04. The van der Waals surface area contributed by atoms with Gasteiger partial charge in [-0.2, -0.15) is 5.10 Å². The van der Waals surface area contributed by atoms with Crippen LogP contribution in [0.3, 0.4) is 0 Å². The van der Waals surface area contributed by atoms with Gasteiger partial charge in [-0.25, -0.2) is 14.2 Å². The Kier molecular flexibility index (Phi) is 5.40. The predicted octanol–water partition coefficient (Wildman–Crippen LogP) is 2.24. The number of esters is 1. The van der Waals surface area contributed by atoms with Gasteiger partial charge in [-0.15, -0.1) is 0 Å². The van der Waals surface area contributed by atoms with Gasteiger partial charge in [-0.3, -0.25) is 14.0 Å². The summed E-state index contributed by atoms with van der Waals surface area (Å²) in [6.45, 7) is 3.54. The second kappa shape index (κ2) is 7.90. The van der Waals surface area contributed by atoms with Gasteiger partial charge in [0.05, 0.1) is 34.1 Å². The molecule has 0 spiro atoms. The Hall–Kier alpha value is -3.04. The first-order valence-corrected chi connectivity index (χ1v) is 10.5. The maximum absolute atomic E-state index is 14.3. The van der Waals surface area contributed by atoms with E-state index in [0.717, 1.165) is 17.0 Å². The summed E-state index contributed by atoms with van der Waals surface area (Å²) in [5, 5.41) is 4.45. The highest BCUT2D eigenvalue weighted by molar-refractivity contribution is 7.07. The van der Waals surface area contributed by atoms with Gasteiger partial charge in [0.15, 0.2) is 4.80 Å². The van der Waals surface area contributed by atoms with Crippen LogP contribution in [0.1, 0.15) is 29.8 Å². The first kappa shape index (κ1) is 21.2. The minimum absolute atomic E-state index is 0.118. The molecule has 0 radical (unpaired) electrons. The van der Waals surface area contributed by atoms with Crippen molar-refractivity contribution in [3.8, 4) is 0 Å². The summed E-state index contributed by atoms with van der Waals surface area (Å²) in [5.74, 6) is -1.12. The van der Waals surface area contributed by atoms with E-state index in [1.807, 2.05) is 6.92 Å². The van der Waals surface area contributed by atoms with E-state index in [0.29, 0.717) is 16.1 Å². The average Bonchev–Trinajstić information content (AvgIpc) is 3.22. The summed E-state index contributed by atoms with van der Waals surface area (Å²) < 4.78 is 22.6. The van der Waals surface area contributed by atoms with E-state index in [1.54, 1.807) is 30.9 Å². The number of methoxy groups -OCH3 is 1. The van der Waals surface area contributed by atoms with E-state index in [4.69, 9.17) is 16.3 Å². The maximum atomic E-state index is 14.3. The van der Waals surface area contributed by atoms with E-state index < -0.39 is 23.4 Å². The molecule has 1 atom stereocenters. The molecule has 1 aliphatic heterocycles. The number of hydrogen-bond donors (Lipinski definition) is 0. The van der Waals surface area contributed by atoms with Crippen LogP contribution >= 0.6 is 22.9 Å². The molecule has 0 N–H and O–H groups in total. The lowest BCUT2D eigenvalue weighted by Crippen LogP contribution is -2.40. The van der Waals surface area contributed by atoms with Gasteiger partial charge >= 0.3 is 5.97 Å². The molecule has 0 saturated carbocycles. The number of ether oxygens (including phenoxy) is 1. The molecule has 3 heterocycles. The number of fused-ring (bicyclic) bond motifs is 1. The standard InChI is InChI=1S/C21H18ClFN4O3S/c1-10-17(20(29)30-4)18(13-9-24-26(3)11(13)2)27-19(28)16(31-21(27)25-10)8-12-14(22)6-5-7-15(12)23/h5-9,18H,1-4H3/b16-8-/t18-/m0/s1. The van der Waals surface area contributed by atoms with Crippen molar-refractivity contribution in [2.75, 3.05) is 7.11 Å². The second-order valence-electron chi connectivity index (χ2n) is 7.02. The molecule has 1 aliphatic rings. The lowest BCUT2D eigenvalue weighted by atomic mass is 9.96. The largest absolute Gasteiger partial charge is 0.466 e. The Morgan fingerprint density at radius 1 is 1.35 bits per heavy atom. The Labute approximate surface area is 185 Å². The van der Waals surface area contributed by atoms with Crippen molar-refractivity contribution in [1.82, 2.24) is 14.3 Å². The first-order chi connectivity index (χ1) is 14.7. The molecular weight excluding hydrogens is 443 g/mol. The third kappa shape index (κ3) is 3.43. The van der Waals surface area contributed by atoms with Crippen molar-refractivity contribution < 1.29 is 13.9 Å². The van der Waals surface area contributed by atoms with Crippen molar-refractivity contribution >= 4 is 35.0 Å². The van der Waals surface area contributed by atoms with Gasteiger partial charge in [0.2, 0.25) is 0 Å². The highest BCUT2D eigenvalue weighted by Gasteiger charge is 2.35. The molecule has 10 heteroatoms. The van der Waals surface area contributed by atoms with Crippen LogP contribution in [0.15, 0.2) is 45.5 Å². The molecule has 0 amide bonds. The molecule has 3 aromatic rings. The molecule has 0 saturated heterocycles. The summed E-state index contributed by atoms with van der Waals surface area (Å²) in [6, 6.07) is 3.55. The van der Waals surface area contributed by atoms with Crippen LogP contribution in [0.2, 0.25) is 5.02 Å². The summed E-state index contributed by atoms with van der Waals surface area (Å²) >= 11 is 7.23. The molecular formula is C21H18ClFN4O3S. The van der Waals surface area contributed by atoms with Crippen LogP contribution in [-0.2, 0) is 16.6 Å². The molecule has 4 rings (SSSR count). The number of carbonyl (C=O) groups excluding carboxylic acids is 1. The topological polar surface area (TPSA) is 78.5 Å². The van der Waals surface area contributed by atoms with E-state index >= 15 is 0 Å². The van der Waals surface area contributed by atoms with Gasteiger partial charge in [0, 0.05) is 23.9 Å². The molecule has 1 aromatic carbocycles. The summed E-state index contributed by atoms with van der Waals surface area (Å²) in [4.78, 5) is 30.9. The Morgan fingerprint density at radius 2 is 2.10 bits per heavy atom. The molecule has 0 unspecified atom stereocenters. The first-order valence-electron chi connectivity index (χ1n) is 9.28. The average molecular weight is 461 g/mol. The normalized spacial score (nSPS) is 16.3. The molecule has 0 bridgehead atoms. The Bertz CT molecular complexity index is 1410. The van der Waals surface area contributed by atoms with Gasteiger partial charge in [-0.1, -0.05) is 29.0 Å². The molecule has 160 valence electrons. The SMILES string of the molecule is COC(=O)C1=C(C)N=c2s/c(=C\c3c(F)cccc3Cl)c(=O)n2[C@H]1c1cnn(C)c1C. The van der Waals surface area contributed by atoms with Crippen molar-refractivity contribution in [1.29, 1.82) is 0 Å². The number of nitrogens with zero attached hydrogens (tertiary/aromatic N) is 4. The van der Waals surface area contributed by atoms with Crippen molar-refractivity contribution in [3.05, 3.63) is 83.0 Å². The number of hydrogen-bond acceptors (Lipinski definition) is 6. The zero-order chi connectivity index (χ0) is 22.4. The number of thiazole rings is 1. The summed E-state index contributed by atoms with van der Waals surface area (Å²) in [6.07, 6.45) is 3.03. The van der Waals surface area contributed by atoms with Gasteiger partial charge in [0.1, 0.15) is 11.9 Å². The number of aromatic nitrogens is 3. The maximum Gasteiger partial charge on any atom is 0.338 e. The van der Waals surface area contributed by atoms with Crippen molar-refractivity contribution in [2.45, 2.75) is 19.9 Å². The number of carbonyl (C=O) groups is 1. The van der Waals surface area contributed by atoms with E-state index in [2.05, 4.69) is 10.1 Å². The predicted molar refractivity (Wildman–Crippen MR) is 115 cm³/mol. The quantitative estimate of drug-likeness (QED) is 0.561. The molecule has 0 aliphatic carbocycles. The fourth-order valence-electron chi connectivity index (χ4n) is 3.55. The molecule has 0 fully saturated rings. The minimum atomic E-state index is -0.768. The van der Waals surface area contributed by atoms with E-state index in [9.17, 15) is 14.0 Å². The van der Waals surface area contributed by atoms with Crippen molar-refractivity contribution in [2.24, 2.45) is 12.0 Å². The van der Waals surface area contributed by atoms with Crippen molar-refractivity contribution in [3.63, 3.8) is 0 Å². The number of halogens is 2. The van der Waals surface area contributed by atoms with E-state index in [-0.39, 0.29) is 20.7 Å². The molecule has 7 nitrogen and oxygen atoms in total. The highest BCUT2D eigenvalue weighted by Crippen LogP contribution is 2.32. The van der Waals surface area contributed by atoms with Gasteiger partial charge < -0.3 is 4.74 Å². The van der Waals surface area contributed by atoms with E-state index in [1.165, 1.54) is 29.9 Å². The fourth-order valence-corrected chi connectivity index (χ4v) is 4.80. The van der Waals surface area contributed by atoms with Crippen LogP contribution in [0.5, 0.6) is 0 Å². The number of benzene rings is 1. The molecule has 2 aromatic heterocycles. The molecule has 31 heavy (non-hydrogen) atoms. The monoisotopic (exact) mass is 460 g/mol. The van der Waals surface area contributed by atoms with Crippen LogP contribution in [-0.4, -0.2) is 27.4 Å². The number of allylic oxidation sites excluding steroid dienone is 1. The lowest BCUT2D eigenvalue weighted by molar-refractivity contribution is -0.136. The third-order valence-corrected chi connectivity index (χ3v) is 6.58. The Morgan fingerprint density at radius 3 is 2.71 bits per heavy atom. The second-order valence-corrected chi connectivity index (χ2v) is 8.43. The zero-order valence-electron chi connectivity index (χ0n) is 17.1. The smallest absolute Gasteiger partial charge is 0.338 e. The van der Waals surface area contributed by atoms with Gasteiger partial charge in [0.25, 0.3) is 5.56 Å². The highest BCUT2D eigenvalue weighted by atomic mass is 35.5. The van der Waals surface area contributed by atoms with Crippen LogP contribution in [0.4, 0.5) is 4.39 Å². The number of rotatable bonds is 3. The summed E-state index contributed by atoms with van der Waals surface area (Å²) in [5.41, 5.74) is 1.86. The van der Waals surface area contributed by atoms with Crippen LogP contribution in [0.25, 0.3) is 6.08 Å². The summed E-state index contributed by atoms with van der Waals surface area (Å²) in [7, 11) is 3.05.